The van der Waals surface area contributed by atoms with Crippen molar-refractivity contribution in [3.05, 3.63) is 71.4 Å². The Bertz CT molecular complexity index is 1410. The van der Waals surface area contributed by atoms with Crippen LogP contribution in [0.5, 0.6) is 11.5 Å². The minimum absolute atomic E-state index is 0.0925. The molecule has 1 aliphatic carbocycles. The van der Waals surface area contributed by atoms with E-state index < -0.39 is 0 Å². The Hall–Kier alpha value is -3.69. The molecule has 0 amide bonds. The van der Waals surface area contributed by atoms with Crippen LogP contribution in [0.1, 0.15) is 31.7 Å². The fraction of sp³-hybridized carbons (Fsp3) is 0.393. The van der Waals surface area contributed by atoms with Gasteiger partial charge in [-0.2, -0.15) is 0 Å². The zero-order valence-electron chi connectivity index (χ0n) is 21.2. The third kappa shape index (κ3) is 4.60. The number of rotatable bonds is 5. The van der Waals surface area contributed by atoms with Crippen LogP contribution in [0.3, 0.4) is 0 Å². The molecule has 1 saturated carbocycles. The average Bonchev–Trinajstić information content (AvgIpc) is 3.23. The van der Waals surface area contributed by atoms with E-state index in [9.17, 15) is 4.79 Å². The Kier molecular flexibility index (Phi) is 6.40. The van der Waals surface area contributed by atoms with Gasteiger partial charge >= 0.3 is 5.69 Å². The standard InChI is InChI=1S/C28H33N7O2/c1-32-15-17-33(18-16-32)20-7-9-22(10-8-20)35-27-25(26(29)30-19-31-27)34(28(35)36)21-11-13-24(14-12-21)37-23-5-3-2-4-6-23/h2-6,11-14,19-20,22H,7-10,15-18H2,1H3,(H2,29,30,31). The second-order valence-electron chi connectivity index (χ2n) is 10.1. The summed E-state index contributed by atoms with van der Waals surface area (Å²) in [6.07, 6.45) is 5.51. The number of likely N-dealkylation sites (N-methyl/N-ethyl adjacent to an activating group) is 1. The van der Waals surface area contributed by atoms with Crippen molar-refractivity contribution >= 4 is 17.0 Å². The Morgan fingerprint density at radius 2 is 1.49 bits per heavy atom. The molecule has 9 heteroatoms. The van der Waals surface area contributed by atoms with Gasteiger partial charge in [0.25, 0.3) is 0 Å². The number of fused-ring (bicyclic) bond motifs is 1. The second kappa shape index (κ2) is 9.99. The molecule has 0 radical (unpaired) electrons. The van der Waals surface area contributed by atoms with Crippen molar-refractivity contribution in [1.29, 1.82) is 0 Å². The van der Waals surface area contributed by atoms with Gasteiger partial charge in [0, 0.05) is 38.3 Å². The molecule has 6 rings (SSSR count). The molecule has 9 nitrogen and oxygen atoms in total. The number of aromatic nitrogens is 4. The van der Waals surface area contributed by atoms with Crippen LogP contribution in [-0.4, -0.2) is 68.2 Å². The summed E-state index contributed by atoms with van der Waals surface area (Å²) < 4.78 is 9.42. The Balaban J connectivity index is 1.28. The lowest BCUT2D eigenvalue weighted by Gasteiger charge is -2.41. The first kappa shape index (κ1) is 23.7. The lowest BCUT2D eigenvalue weighted by atomic mass is 9.89. The highest BCUT2D eigenvalue weighted by Crippen LogP contribution is 2.34. The molecule has 1 saturated heterocycles. The minimum atomic E-state index is -0.123. The van der Waals surface area contributed by atoms with Crippen LogP contribution in [-0.2, 0) is 0 Å². The van der Waals surface area contributed by atoms with Crippen LogP contribution in [0.4, 0.5) is 5.82 Å². The van der Waals surface area contributed by atoms with Gasteiger partial charge < -0.3 is 15.4 Å². The van der Waals surface area contributed by atoms with E-state index in [1.54, 1.807) is 4.57 Å². The number of anilines is 1. The molecule has 2 fully saturated rings. The first-order chi connectivity index (χ1) is 18.1. The number of para-hydroxylation sites is 1. The fourth-order valence-corrected chi connectivity index (χ4v) is 5.79. The van der Waals surface area contributed by atoms with E-state index in [4.69, 9.17) is 10.5 Å². The van der Waals surface area contributed by atoms with Crippen LogP contribution < -0.4 is 16.2 Å². The zero-order valence-corrected chi connectivity index (χ0v) is 21.2. The molecule has 2 aliphatic rings. The molecule has 4 aromatic rings. The van der Waals surface area contributed by atoms with Gasteiger partial charge in [0.15, 0.2) is 11.5 Å². The summed E-state index contributed by atoms with van der Waals surface area (Å²) in [7, 11) is 2.19. The van der Waals surface area contributed by atoms with E-state index in [1.807, 2.05) is 59.2 Å². The van der Waals surface area contributed by atoms with E-state index in [0.717, 1.165) is 57.6 Å². The van der Waals surface area contributed by atoms with Crippen LogP contribution >= 0.6 is 0 Å². The quantitative estimate of drug-likeness (QED) is 0.448. The van der Waals surface area contributed by atoms with Crippen molar-refractivity contribution in [2.75, 3.05) is 39.0 Å². The molecule has 1 aliphatic heterocycles. The highest BCUT2D eigenvalue weighted by molar-refractivity contribution is 5.84. The highest BCUT2D eigenvalue weighted by Gasteiger charge is 2.31. The lowest BCUT2D eigenvalue weighted by molar-refractivity contribution is 0.0824. The predicted octanol–water partition coefficient (Wildman–Crippen LogP) is 3.69. The normalized spacial score (nSPS) is 21.3. The Morgan fingerprint density at radius 3 is 2.19 bits per heavy atom. The van der Waals surface area contributed by atoms with E-state index >= 15 is 0 Å². The van der Waals surface area contributed by atoms with Crippen molar-refractivity contribution in [1.82, 2.24) is 28.9 Å². The van der Waals surface area contributed by atoms with E-state index in [1.165, 1.54) is 6.33 Å². The summed E-state index contributed by atoms with van der Waals surface area (Å²) in [5, 5.41) is 0. The van der Waals surface area contributed by atoms with Gasteiger partial charge in [-0.3, -0.25) is 14.0 Å². The van der Waals surface area contributed by atoms with Gasteiger partial charge in [-0.05, 0) is 69.1 Å². The van der Waals surface area contributed by atoms with Crippen molar-refractivity contribution in [3.8, 4) is 17.2 Å². The topological polar surface area (TPSA) is 94.4 Å². The molecule has 192 valence electrons. The number of nitrogens with zero attached hydrogens (tertiary/aromatic N) is 6. The van der Waals surface area contributed by atoms with E-state index in [-0.39, 0.29) is 11.7 Å². The number of ether oxygens (including phenoxy) is 1. The minimum Gasteiger partial charge on any atom is -0.457 e. The SMILES string of the molecule is CN1CCN(C2CCC(n3c(=O)n(-c4ccc(Oc5ccccc5)cc4)c4c(N)ncnc43)CC2)CC1. The molecular formula is C28H33N7O2. The van der Waals surface area contributed by atoms with E-state index in [0.29, 0.717) is 34.5 Å². The number of imidazole rings is 1. The summed E-state index contributed by atoms with van der Waals surface area (Å²) >= 11 is 0. The van der Waals surface area contributed by atoms with E-state index in [2.05, 4.69) is 26.8 Å². The first-order valence-corrected chi connectivity index (χ1v) is 13.1. The van der Waals surface area contributed by atoms with Gasteiger partial charge in [-0.1, -0.05) is 18.2 Å². The summed E-state index contributed by atoms with van der Waals surface area (Å²) in [5.74, 6) is 1.75. The summed E-state index contributed by atoms with van der Waals surface area (Å²) in [6, 6.07) is 17.8. The molecule has 0 atom stereocenters. The van der Waals surface area contributed by atoms with Gasteiger partial charge in [-0.25, -0.2) is 14.8 Å². The number of benzene rings is 2. The maximum Gasteiger partial charge on any atom is 0.335 e. The summed E-state index contributed by atoms with van der Waals surface area (Å²) in [6.45, 7) is 4.49. The monoisotopic (exact) mass is 499 g/mol. The molecule has 3 heterocycles. The average molecular weight is 500 g/mol. The number of piperazine rings is 1. The first-order valence-electron chi connectivity index (χ1n) is 13.1. The number of nitrogens with two attached hydrogens (primary N) is 1. The van der Waals surface area contributed by atoms with Gasteiger partial charge in [0.2, 0.25) is 0 Å². The number of hydrogen-bond donors (Lipinski definition) is 1. The molecule has 0 spiro atoms. The van der Waals surface area contributed by atoms with Crippen LogP contribution in [0.15, 0.2) is 65.7 Å². The van der Waals surface area contributed by atoms with Crippen LogP contribution in [0, 0.1) is 0 Å². The summed E-state index contributed by atoms with van der Waals surface area (Å²) in [4.78, 5) is 27.6. The van der Waals surface area contributed by atoms with Gasteiger partial charge in [0.05, 0.1) is 5.69 Å². The highest BCUT2D eigenvalue weighted by atomic mass is 16.5. The number of hydrogen-bond acceptors (Lipinski definition) is 7. The molecule has 2 aromatic heterocycles. The smallest absolute Gasteiger partial charge is 0.335 e. The summed E-state index contributed by atoms with van der Waals surface area (Å²) in [5.41, 5.74) is 8.06. The maximum absolute atomic E-state index is 13.9. The maximum atomic E-state index is 13.9. The van der Waals surface area contributed by atoms with Crippen molar-refractivity contribution in [2.45, 2.75) is 37.8 Å². The van der Waals surface area contributed by atoms with Crippen molar-refractivity contribution < 1.29 is 4.74 Å². The zero-order chi connectivity index (χ0) is 25.4. The largest absolute Gasteiger partial charge is 0.457 e. The third-order valence-corrected chi connectivity index (χ3v) is 7.84. The molecule has 2 N–H and O–H groups in total. The van der Waals surface area contributed by atoms with Crippen molar-refractivity contribution in [3.63, 3.8) is 0 Å². The molecule has 0 unspecified atom stereocenters. The second-order valence-corrected chi connectivity index (χ2v) is 10.1. The predicted molar refractivity (Wildman–Crippen MR) is 144 cm³/mol. The van der Waals surface area contributed by atoms with Gasteiger partial charge in [0.1, 0.15) is 23.3 Å². The third-order valence-electron chi connectivity index (χ3n) is 7.84. The fourth-order valence-electron chi connectivity index (χ4n) is 5.79. The molecule has 37 heavy (non-hydrogen) atoms. The Morgan fingerprint density at radius 1 is 0.838 bits per heavy atom. The molecule has 0 bridgehead atoms. The molecule has 2 aromatic carbocycles. The van der Waals surface area contributed by atoms with Crippen LogP contribution in [0.25, 0.3) is 16.9 Å². The van der Waals surface area contributed by atoms with Gasteiger partial charge in [-0.15, -0.1) is 0 Å². The Labute approximate surface area is 216 Å². The number of nitrogen functional groups attached to an aromatic ring is 1. The van der Waals surface area contributed by atoms with Crippen molar-refractivity contribution in [2.24, 2.45) is 0 Å². The van der Waals surface area contributed by atoms with Crippen LogP contribution in [0.2, 0.25) is 0 Å². The lowest BCUT2D eigenvalue weighted by Crippen LogP contribution is -2.50. The molecular weight excluding hydrogens is 466 g/mol.